The maximum Gasteiger partial charge on any atom is 0.335 e. The normalized spacial score (nSPS) is 13.0. The molecular formula is C14H16N2O4S2. The van der Waals surface area contributed by atoms with E-state index < -0.39 is 22.0 Å². The van der Waals surface area contributed by atoms with Crippen LogP contribution in [0.1, 0.15) is 38.8 Å². The highest BCUT2D eigenvalue weighted by atomic mass is 32.2. The van der Waals surface area contributed by atoms with Crippen molar-refractivity contribution < 1.29 is 18.3 Å². The molecule has 0 aliphatic rings. The van der Waals surface area contributed by atoms with Gasteiger partial charge >= 0.3 is 5.97 Å². The number of aromatic carboxylic acids is 1. The van der Waals surface area contributed by atoms with E-state index in [1.807, 2.05) is 6.92 Å². The number of nitrogens with zero attached hydrogens (tertiary/aromatic N) is 1. The van der Waals surface area contributed by atoms with Crippen molar-refractivity contribution in [3.8, 4) is 0 Å². The van der Waals surface area contributed by atoms with Crippen LogP contribution in [0.3, 0.4) is 0 Å². The zero-order valence-electron chi connectivity index (χ0n) is 12.3. The molecule has 1 aromatic carbocycles. The molecule has 0 saturated carbocycles. The molecule has 118 valence electrons. The van der Waals surface area contributed by atoms with Crippen LogP contribution in [0.5, 0.6) is 0 Å². The molecule has 1 unspecified atom stereocenters. The van der Waals surface area contributed by atoms with E-state index in [-0.39, 0.29) is 16.0 Å². The number of carboxylic acid groups (broad SMARTS) is 1. The first-order valence-corrected chi connectivity index (χ1v) is 8.80. The number of sulfonamides is 1. The van der Waals surface area contributed by atoms with Crippen molar-refractivity contribution >= 4 is 27.3 Å². The molecule has 8 heteroatoms. The van der Waals surface area contributed by atoms with E-state index in [0.29, 0.717) is 0 Å². The van der Waals surface area contributed by atoms with E-state index in [9.17, 15) is 13.2 Å². The number of rotatable bonds is 5. The highest BCUT2D eigenvalue weighted by molar-refractivity contribution is 7.89. The van der Waals surface area contributed by atoms with Gasteiger partial charge in [-0.2, -0.15) is 0 Å². The lowest BCUT2D eigenvalue weighted by atomic mass is 10.1. The molecule has 0 bridgehead atoms. The van der Waals surface area contributed by atoms with Crippen molar-refractivity contribution in [1.82, 2.24) is 9.71 Å². The number of aromatic nitrogens is 1. The molecule has 2 rings (SSSR count). The Balaban J connectivity index is 2.35. The van der Waals surface area contributed by atoms with Gasteiger partial charge in [0.1, 0.15) is 0 Å². The van der Waals surface area contributed by atoms with Crippen molar-refractivity contribution in [2.24, 2.45) is 0 Å². The zero-order chi connectivity index (χ0) is 16.5. The SMILES string of the molecule is Cc1ncc(C(C)NS(=O)(=O)c2cccc(C(=O)O)c2C)s1. The Morgan fingerprint density at radius 3 is 2.59 bits per heavy atom. The summed E-state index contributed by atoms with van der Waals surface area (Å²) in [7, 11) is -3.82. The third-order valence-electron chi connectivity index (χ3n) is 3.20. The van der Waals surface area contributed by atoms with Gasteiger partial charge in [0.2, 0.25) is 10.0 Å². The van der Waals surface area contributed by atoms with Gasteiger partial charge in [0, 0.05) is 11.1 Å². The Labute approximate surface area is 132 Å². The standard InChI is InChI=1S/C14H16N2O4S2/c1-8-11(14(17)18)5-4-6-13(8)22(19,20)16-9(2)12-7-15-10(3)21-12/h4-7,9,16H,1-3H3,(H,17,18). The first-order chi connectivity index (χ1) is 10.2. The molecule has 0 saturated heterocycles. The Morgan fingerprint density at radius 2 is 2.05 bits per heavy atom. The minimum absolute atomic E-state index is 0.0239. The second kappa shape index (κ2) is 6.15. The highest BCUT2D eigenvalue weighted by Gasteiger charge is 2.23. The minimum Gasteiger partial charge on any atom is -0.478 e. The van der Waals surface area contributed by atoms with Crippen LogP contribution in [-0.4, -0.2) is 24.5 Å². The lowest BCUT2D eigenvalue weighted by molar-refractivity contribution is 0.0696. The molecule has 2 N–H and O–H groups in total. The molecule has 1 heterocycles. The lowest BCUT2D eigenvalue weighted by Gasteiger charge is -2.14. The maximum atomic E-state index is 12.5. The van der Waals surface area contributed by atoms with Gasteiger partial charge in [0.25, 0.3) is 0 Å². The fourth-order valence-corrected chi connectivity index (χ4v) is 4.42. The van der Waals surface area contributed by atoms with Crippen LogP contribution in [0.2, 0.25) is 0 Å². The average molecular weight is 340 g/mol. The Morgan fingerprint density at radius 1 is 1.36 bits per heavy atom. The largest absolute Gasteiger partial charge is 0.478 e. The summed E-state index contributed by atoms with van der Waals surface area (Å²) in [5, 5.41) is 9.95. The van der Waals surface area contributed by atoms with Crippen LogP contribution in [0.15, 0.2) is 29.3 Å². The van der Waals surface area contributed by atoms with Gasteiger partial charge in [0.05, 0.1) is 21.5 Å². The fourth-order valence-electron chi connectivity index (χ4n) is 2.07. The van der Waals surface area contributed by atoms with Gasteiger partial charge in [-0.3, -0.25) is 0 Å². The van der Waals surface area contributed by atoms with E-state index in [4.69, 9.17) is 5.11 Å². The number of carbonyl (C=O) groups is 1. The molecule has 0 fully saturated rings. The van der Waals surface area contributed by atoms with Gasteiger partial charge in [-0.05, 0) is 38.5 Å². The van der Waals surface area contributed by atoms with Crippen LogP contribution >= 0.6 is 11.3 Å². The number of hydrogen-bond acceptors (Lipinski definition) is 5. The van der Waals surface area contributed by atoms with Crippen LogP contribution in [0, 0.1) is 13.8 Å². The molecular weight excluding hydrogens is 324 g/mol. The topological polar surface area (TPSA) is 96.4 Å². The molecule has 22 heavy (non-hydrogen) atoms. The van der Waals surface area contributed by atoms with Crippen LogP contribution < -0.4 is 4.72 Å². The molecule has 2 aromatic rings. The third kappa shape index (κ3) is 3.34. The van der Waals surface area contributed by atoms with Crippen molar-refractivity contribution in [1.29, 1.82) is 0 Å². The van der Waals surface area contributed by atoms with Gasteiger partial charge in [-0.15, -0.1) is 11.3 Å². The maximum absolute atomic E-state index is 12.5. The molecule has 0 aliphatic carbocycles. The third-order valence-corrected chi connectivity index (χ3v) is 5.98. The van der Waals surface area contributed by atoms with Gasteiger partial charge in [-0.25, -0.2) is 22.9 Å². The van der Waals surface area contributed by atoms with Crippen molar-refractivity contribution in [3.63, 3.8) is 0 Å². The summed E-state index contributed by atoms with van der Waals surface area (Å²) in [4.78, 5) is 16.0. The summed E-state index contributed by atoms with van der Waals surface area (Å²) in [5.74, 6) is -1.15. The smallest absolute Gasteiger partial charge is 0.335 e. The molecule has 0 amide bonds. The summed E-state index contributed by atoms with van der Waals surface area (Å²) < 4.78 is 27.6. The van der Waals surface area contributed by atoms with Crippen LogP contribution in [0.4, 0.5) is 0 Å². The monoisotopic (exact) mass is 340 g/mol. The predicted octanol–water partition coefficient (Wildman–Crippen LogP) is 2.50. The fraction of sp³-hybridized carbons (Fsp3) is 0.286. The molecule has 0 radical (unpaired) electrons. The Hall–Kier alpha value is -1.77. The molecule has 1 atom stereocenters. The average Bonchev–Trinajstić information content (AvgIpc) is 2.84. The van der Waals surface area contributed by atoms with Crippen molar-refractivity contribution in [3.05, 3.63) is 45.4 Å². The van der Waals surface area contributed by atoms with Gasteiger partial charge < -0.3 is 5.11 Å². The summed E-state index contributed by atoms with van der Waals surface area (Å²) in [6, 6.07) is 3.76. The van der Waals surface area contributed by atoms with Gasteiger partial charge in [-0.1, -0.05) is 6.07 Å². The lowest BCUT2D eigenvalue weighted by Crippen LogP contribution is -2.27. The number of aryl methyl sites for hydroxylation is 1. The number of nitrogens with one attached hydrogen (secondary N) is 1. The van der Waals surface area contributed by atoms with E-state index in [0.717, 1.165) is 9.88 Å². The van der Waals surface area contributed by atoms with Crippen molar-refractivity contribution in [2.45, 2.75) is 31.7 Å². The molecule has 0 aliphatic heterocycles. The Bertz CT molecular complexity index is 812. The molecule has 6 nitrogen and oxygen atoms in total. The van der Waals surface area contributed by atoms with Crippen LogP contribution in [0.25, 0.3) is 0 Å². The second-order valence-corrected chi connectivity index (χ2v) is 7.81. The van der Waals surface area contributed by atoms with Gasteiger partial charge in [0.15, 0.2) is 0 Å². The van der Waals surface area contributed by atoms with E-state index >= 15 is 0 Å². The van der Waals surface area contributed by atoms with E-state index in [1.54, 1.807) is 13.1 Å². The Kier molecular flexibility index (Phi) is 4.64. The summed E-state index contributed by atoms with van der Waals surface area (Å²) >= 11 is 1.41. The quantitative estimate of drug-likeness (QED) is 0.872. The number of benzene rings is 1. The number of carboxylic acids is 1. The van der Waals surface area contributed by atoms with E-state index in [2.05, 4.69) is 9.71 Å². The van der Waals surface area contributed by atoms with E-state index in [1.165, 1.54) is 36.5 Å². The summed E-state index contributed by atoms with van der Waals surface area (Å²) in [5.41, 5.74) is 0.194. The number of hydrogen-bond donors (Lipinski definition) is 2. The molecule has 1 aromatic heterocycles. The predicted molar refractivity (Wildman–Crippen MR) is 83.7 cm³/mol. The highest BCUT2D eigenvalue weighted by Crippen LogP contribution is 2.24. The first kappa shape index (κ1) is 16.6. The minimum atomic E-state index is -3.82. The van der Waals surface area contributed by atoms with Crippen molar-refractivity contribution in [2.75, 3.05) is 0 Å². The number of thiazole rings is 1. The van der Waals surface area contributed by atoms with Crippen LogP contribution in [-0.2, 0) is 10.0 Å². The molecule has 0 spiro atoms. The summed E-state index contributed by atoms with van der Waals surface area (Å²) in [6.45, 7) is 5.05. The summed E-state index contributed by atoms with van der Waals surface area (Å²) in [6.07, 6.45) is 1.63. The zero-order valence-corrected chi connectivity index (χ0v) is 14.0. The first-order valence-electron chi connectivity index (χ1n) is 6.50. The second-order valence-electron chi connectivity index (χ2n) is 4.86.